The van der Waals surface area contributed by atoms with E-state index in [4.69, 9.17) is 0 Å². The van der Waals surface area contributed by atoms with Crippen LogP contribution in [-0.4, -0.2) is 24.5 Å². The van der Waals surface area contributed by atoms with Gasteiger partial charge >= 0.3 is 0 Å². The zero-order chi connectivity index (χ0) is 12.6. The van der Waals surface area contributed by atoms with Crippen molar-refractivity contribution in [1.82, 2.24) is 4.90 Å². The van der Waals surface area contributed by atoms with Crippen LogP contribution in [-0.2, 0) is 6.42 Å². The second kappa shape index (κ2) is 7.58. The van der Waals surface area contributed by atoms with Gasteiger partial charge in [-0.25, -0.2) is 0 Å². The Morgan fingerprint density at radius 2 is 2.06 bits per heavy atom. The van der Waals surface area contributed by atoms with Crippen molar-refractivity contribution in [2.75, 3.05) is 19.6 Å². The van der Waals surface area contributed by atoms with Gasteiger partial charge in [0.2, 0.25) is 0 Å². The monoisotopic (exact) mass is 245 g/mol. The molecule has 0 spiro atoms. The maximum absolute atomic E-state index is 2.69. The smallest absolute Gasteiger partial charge is 0.000966 e. The summed E-state index contributed by atoms with van der Waals surface area (Å²) in [5.41, 5.74) is 1.49. The Bertz CT molecular complexity index is 318. The molecule has 0 saturated carbocycles. The van der Waals surface area contributed by atoms with Crippen LogP contribution in [0.3, 0.4) is 0 Å². The van der Waals surface area contributed by atoms with Crippen LogP contribution in [0, 0.1) is 5.92 Å². The van der Waals surface area contributed by atoms with Crippen molar-refractivity contribution in [3.8, 4) is 0 Å². The van der Waals surface area contributed by atoms with Gasteiger partial charge in [-0.1, -0.05) is 43.7 Å². The second-order valence-corrected chi connectivity index (χ2v) is 5.69. The quantitative estimate of drug-likeness (QED) is 0.728. The van der Waals surface area contributed by atoms with Gasteiger partial charge in [0, 0.05) is 6.54 Å². The van der Waals surface area contributed by atoms with Gasteiger partial charge in [0.1, 0.15) is 0 Å². The lowest BCUT2D eigenvalue weighted by molar-refractivity contribution is 0.166. The largest absolute Gasteiger partial charge is 0.303 e. The maximum Gasteiger partial charge on any atom is 0.000966 e. The number of rotatable bonds is 6. The molecule has 1 heteroatoms. The van der Waals surface area contributed by atoms with Crippen molar-refractivity contribution in [2.24, 2.45) is 5.92 Å². The lowest BCUT2D eigenvalue weighted by atomic mass is 9.93. The van der Waals surface area contributed by atoms with E-state index in [-0.39, 0.29) is 0 Å². The van der Waals surface area contributed by atoms with E-state index >= 15 is 0 Å². The number of piperidine rings is 1. The van der Waals surface area contributed by atoms with Crippen LogP contribution in [0.15, 0.2) is 30.3 Å². The molecule has 100 valence electrons. The van der Waals surface area contributed by atoms with Crippen LogP contribution in [0.1, 0.15) is 44.6 Å². The van der Waals surface area contributed by atoms with Crippen LogP contribution >= 0.6 is 0 Å². The Labute approximate surface area is 112 Å². The van der Waals surface area contributed by atoms with Crippen molar-refractivity contribution in [3.63, 3.8) is 0 Å². The van der Waals surface area contributed by atoms with Crippen LogP contribution in [0.4, 0.5) is 0 Å². The van der Waals surface area contributed by atoms with Crippen molar-refractivity contribution in [2.45, 2.75) is 45.4 Å². The summed E-state index contributed by atoms with van der Waals surface area (Å²) >= 11 is 0. The topological polar surface area (TPSA) is 3.24 Å². The highest BCUT2D eigenvalue weighted by Crippen LogP contribution is 2.21. The molecule has 1 saturated heterocycles. The van der Waals surface area contributed by atoms with Crippen molar-refractivity contribution in [3.05, 3.63) is 35.9 Å². The molecule has 0 aromatic heterocycles. The minimum atomic E-state index is 0.973. The lowest BCUT2D eigenvalue weighted by Gasteiger charge is -2.32. The predicted molar refractivity (Wildman–Crippen MR) is 78.8 cm³/mol. The van der Waals surface area contributed by atoms with Crippen LogP contribution in [0.2, 0.25) is 0 Å². The molecule has 1 aliphatic heterocycles. The Kier molecular flexibility index (Phi) is 5.73. The van der Waals surface area contributed by atoms with Crippen molar-refractivity contribution in [1.29, 1.82) is 0 Å². The highest BCUT2D eigenvalue weighted by atomic mass is 15.1. The fraction of sp³-hybridized carbons (Fsp3) is 0.647. The number of likely N-dealkylation sites (tertiary alicyclic amines) is 1. The number of aryl methyl sites for hydroxylation is 1. The zero-order valence-electron chi connectivity index (χ0n) is 11.8. The van der Waals surface area contributed by atoms with Gasteiger partial charge in [-0.3, -0.25) is 0 Å². The van der Waals surface area contributed by atoms with Gasteiger partial charge in [-0.05, 0) is 56.7 Å². The molecule has 1 aromatic rings. The van der Waals surface area contributed by atoms with Crippen LogP contribution in [0.5, 0.6) is 0 Å². The van der Waals surface area contributed by atoms with E-state index in [1.54, 1.807) is 0 Å². The highest BCUT2D eigenvalue weighted by molar-refractivity contribution is 5.14. The third kappa shape index (κ3) is 4.45. The first kappa shape index (κ1) is 13.6. The second-order valence-electron chi connectivity index (χ2n) is 5.69. The number of hydrogen-bond acceptors (Lipinski definition) is 1. The average Bonchev–Trinajstić information content (AvgIpc) is 2.41. The Balaban J connectivity index is 1.67. The minimum Gasteiger partial charge on any atom is -0.303 e. The summed E-state index contributed by atoms with van der Waals surface area (Å²) in [7, 11) is 0. The highest BCUT2D eigenvalue weighted by Gasteiger charge is 2.18. The summed E-state index contributed by atoms with van der Waals surface area (Å²) in [6.45, 7) is 6.28. The van der Waals surface area contributed by atoms with Gasteiger partial charge in [0.15, 0.2) is 0 Å². The van der Waals surface area contributed by atoms with E-state index in [0.29, 0.717) is 0 Å². The summed E-state index contributed by atoms with van der Waals surface area (Å²) in [5.74, 6) is 0.973. The first-order valence-electron chi connectivity index (χ1n) is 7.64. The molecule has 1 aromatic carbocycles. The maximum atomic E-state index is 2.69. The molecule has 18 heavy (non-hydrogen) atoms. The number of nitrogens with zero attached hydrogens (tertiary/aromatic N) is 1. The SMILES string of the molecule is CCCC1CCCN(CCCc2ccccc2)C1. The van der Waals surface area contributed by atoms with Gasteiger partial charge in [0.05, 0.1) is 0 Å². The molecule has 0 radical (unpaired) electrons. The molecule has 1 heterocycles. The Hall–Kier alpha value is -0.820. The molecule has 1 nitrogen and oxygen atoms in total. The Morgan fingerprint density at radius 1 is 1.22 bits per heavy atom. The van der Waals surface area contributed by atoms with Crippen molar-refractivity contribution >= 4 is 0 Å². The third-order valence-electron chi connectivity index (χ3n) is 4.08. The van der Waals surface area contributed by atoms with E-state index in [2.05, 4.69) is 42.2 Å². The average molecular weight is 245 g/mol. The molecule has 0 N–H and O–H groups in total. The summed E-state index contributed by atoms with van der Waals surface area (Å²) in [6.07, 6.45) is 8.19. The van der Waals surface area contributed by atoms with Crippen molar-refractivity contribution < 1.29 is 0 Å². The molecule has 1 aliphatic rings. The summed E-state index contributed by atoms with van der Waals surface area (Å²) in [4.78, 5) is 2.69. The van der Waals surface area contributed by atoms with E-state index in [1.807, 2.05) is 0 Å². The zero-order valence-corrected chi connectivity index (χ0v) is 11.8. The minimum absolute atomic E-state index is 0.973. The van der Waals surface area contributed by atoms with Gasteiger partial charge in [-0.2, -0.15) is 0 Å². The molecule has 1 fully saturated rings. The summed E-state index contributed by atoms with van der Waals surface area (Å²) in [6, 6.07) is 10.9. The molecular weight excluding hydrogens is 218 g/mol. The first-order chi connectivity index (χ1) is 8.88. The normalized spacial score (nSPS) is 21.1. The molecule has 0 amide bonds. The van der Waals surface area contributed by atoms with E-state index < -0.39 is 0 Å². The lowest BCUT2D eigenvalue weighted by Crippen LogP contribution is -2.36. The summed E-state index contributed by atoms with van der Waals surface area (Å²) < 4.78 is 0. The fourth-order valence-corrected chi connectivity index (χ4v) is 3.15. The standard InChI is InChI=1S/C17H27N/c1-2-8-17-12-7-14-18(15-17)13-6-11-16-9-4-3-5-10-16/h3-5,9-10,17H,2,6-8,11-15H2,1H3. The predicted octanol–water partition coefficient (Wildman–Crippen LogP) is 4.13. The first-order valence-corrected chi connectivity index (χ1v) is 7.64. The third-order valence-corrected chi connectivity index (χ3v) is 4.08. The van der Waals surface area contributed by atoms with E-state index in [0.717, 1.165) is 5.92 Å². The van der Waals surface area contributed by atoms with Gasteiger partial charge in [-0.15, -0.1) is 0 Å². The number of benzene rings is 1. The molecular formula is C17H27N. The fourth-order valence-electron chi connectivity index (χ4n) is 3.15. The van der Waals surface area contributed by atoms with E-state index in [9.17, 15) is 0 Å². The molecule has 0 bridgehead atoms. The molecule has 2 rings (SSSR count). The Morgan fingerprint density at radius 3 is 2.83 bits per heavy atom. The molecule has 1 unspecified atom stereocenters. The molecule has 0 aliphatic carbocycles. The van der Waals surface area contributed by atoms with Gasteiger partial charge < -0.3 is 4.90 Å². The van der Waals surface area contributed by atoms with Crippen LogP contribution in [0.25, 0.3) is 0 Å². The van der Waals surface area contributed by atoms with Crippen LogP contribution < -0.4 is 0 Å². The number of hydrogen-bond donors (Lipinski definition) is 0. The molecule has 1 atom stereocenters. The van der Waals surface area contributed by atoms with Gasteiger partial charge in [0.25, 0.3) is 0 Å². The van der Waals surface area contributed by atoms with E-state index in [1.165, 1.54) is 63.7 Å². The summed E-state index contributed by atoms with van der Waals surface area (Å²) in [5, 5.41) is 0.